The molecule has 7 aliphatic carbocycles. The molecule has 21 rings (SSSR count). The molecule has 0 N–H and O–H groups in total. The molecule has 0 unspecified atom stereocenters. The van der Waals surface area contributed by atoms with Gasteiger partial charge in [0.2, 0.25) is 0 Å². The van der Waals surface area contributed by atoms with Crippen molar-refractivity contribution in [1.82, 2.24) is 4.40 Å². The lowest BCUT2D eigenvalue weighted by molar-refractivity contribution is 0.0966. The second-order valence-electron chi connectivity index (χ2n) is 23.9. The van der Waals surface area contributed by atoms with E-state index in [1.807, 2.05) is 0 Å². The van der Waals surface area contributed by atoms with E-state index in [1.54, 1.807) is 0 Å². The summed E-state index contributed by atoms with van der Waals surface area (Å²) in [6.45, 7) is 4.77. The van der Waals surface area contributed by atoms with Crippen molar-refractivity contribution in [2.24, 2.45) is 0 Å². The summed E-state index contributed by atoms with van der Waals surface area (Å²) in [5, 5.41) is 9.33. The van der Waals surface area contributed by atoms with Crippen molar-refractivity contribution >= 4 is 71.2 Å². The highest BCUT2D eigenvalue weighted by Gasteiger charge is 2.46. The van der Waals surface area contributed by atoms with Crippen LogP contribution in [-0.4, -0.2) is 16.0 Å². The Morgan fingerprint density at radius 3 is 1.30 bits per heavy atom. The van der Waals surface area contributed by atoms with E-state index in [0.717, 1.165) is 88.3 Å². The lowest BCUT2D eigenvalue weighted by Gasteiger charge is -2.30. The molecule has 0 radical (unpaired) electrons. The third kappa shape index (κ3) is 5.14. The second-order valence-corrected chi connectivity index (χ2v) is 23.9. The molecule has 4 bridgehead atoms. The predicted octanol–water partition coefficient (Wildman–Crippen LogP) is 18.4. The fourth-order valence-electron chi connectivity index (χ4n) is 16.7. The molecule has 12 aromatic carbocycles. The van der Waals surface area contributed by atoms with Crippen LogP contribution < -0.4 is 0 Å². The lowest BCUT2D eigenvalue weighted by Crippen LogP contribution is -2.19. The second kappa shape index (κ2) is 14.9. The van der Waals surface area contributed by atoms with Crippen molar-refractivity contribution in [3.05, 3.63) is 302 Å². The average Bonchev–Trinajstić information content (AvgIpc) is 4.17. The molecular weight excluding hydrogens is 971 g/mol. The molecule has 3 nitrogen and oxygen atoms in total. The Hall–Kier alpha value is -9.70. The molecule has 372 valence electrons. The molecule has 0 aliphatic heterocycles. The van der Waals surface area contributed by atoms with Crippen molar-refractivity contribution < 1.29 is 9.59 Å². The van der Waals surface area contributed by atoms with Gasteiger partial charge in [-0.15, -0.1) is 0 Å². The van der Waals surface area contributed by atoms with Crippen LogP contribution >= 0.6 is 0 Å². The van der Waals surface area contributed by atoms with E-state index in [4.69, 9.17) is 0 Å². The molecule has 7 aliphatic rings. The first kappa shape index (κ1) is 43.3. The fourth-order valence-corrected chi connectivity index (χ4v) is 16.7. The summed E-state index contributed by atoms with van der Waals surface area (Å²) in [6.07, 6.45) is 0. The third-order valence-corrected chi connectivity index (χ3v) is 20.0. The molecule has 0 fully saturated rings. The SMILES string of the molecule is CC1(C)c2ccccc2-c2cc3c(-c4ccccc4)c(-c4ccccc4)c4c(cc5c6cc7c(cc6n6c8cc9c(cc8c4c56)C4c5ccccc5C(C9=O)c5ccccc54)C(=O)C4c5ccccc5C7c5ccccc54)c3cc21. The Morgan fingerprint density at radius 2 is 0.762 bits per heavy atom. The summed E-state index contributed by atoms with van der Waals surface area (Å²) in [7, 11) is 0. The van der Waals surface area contributed by atoms with Gasteiger partial charge < -0.3 is 4.40 Å². The highest BCUT2D eigenvalue weighted by molar-refractivity contribution is 6.39. The monoisotopic (exact) mass is 1020 g/mol. The Balaban J connectivity index is 1.05. The van der Waals surface area contributed by atoms with Gasteiger partial charge in [0, 0.05) is 55.3 Å². The number of benzene rings is 12. The molecule has 0 saturated heterocycles. The number of hydrogen-bond acceptors (Lipinski definition) is 2. The largest absolute Gasteiger partial charge is 0.308 e. The predicted molar refractivity (Wildman–Crippen MR) is 325 cm³/mol. The maximum atomic E-state index is 15.9. The van der Waals surface area contributed by atoms with Crippen LogP contribution in [-0.2, 0) is 5.41 Å². The van der Waals surface area contributed by atoms with Crippen LogP contribution in [0, 0.1) is 0 Å². The van der Waals surface area contributed by atoms with Crippen LogP contribution in [0.5, 0.6) is 0 Å². The average molecular weight is 1020 g/mol. The zero-order chi connectivity index (χ0) is 52.6. The molecule has 2 aromatic heterocycles. The van der Waals surface area contributed by atoms with E-state index < -0.39 is 11.8 Å². The fraction of sp³-hybridized carbons (Fsp3) is 0.0909. The molecule has 2 heterocycles. The van der Waals surface area contributed by atoms with Crippen LogP contribution in [0.3, 0.4) is 0 Å². The number of hydrogen-bond donors (Lipinski definition) is 0. The maximum Gasteiger partial charge on any atom is 0.175 e. The van der Waals surface area contributed by atoms with E-state index >= 15 is 9.59 Å². The molecular formula is C77H47NO2. The minimum atomic E-state index is -0.419. The standard InChI is InChI=1S/C77H47NO2/c1-77(2)62-32-18-17-23-42(62)52-33-54-51(37-63(52)77)55-35-58-53-34-56-59(75(79)70-47-28-13-9-24-43(47)68(56)44-25-10-14-29-48(44)70)38-64(53)78-65-39-60-57(69-45-26-11-15-30-49(45)71(76(60)80)50-31-16-12-27-46(50)69)36-61(65)73(74(58)78)72(55)67(41-21-7-4-8-22-41)66(54)40-19-5-3-6-20-40/h3-39,68-71H,1-2H3. The van der Waals surface area contributed by atoms with Gasteiger partial charge in [0.05, 0.1) is 28.4 Å². The summed E-state index contributed by atoms with van der Waals surface area (Å²) in [4.78, 5) is 31.7. The maximum absolute atomic E-state index is 15.9. The number of nitrogens with zero attached hydrogens (tertiary/aromatic N) is 1. The van der Waals surface area contributed by atoms with Gasteiger partial charge in [-0.3, -0.25) is 9.59 Å². The van der Waals surface area contributed by atoms with Gasteiger partial charge in [-0.1, -0.05) is 196 Å². The van der Waals surface area contributed by atoms with Gasteiger partial charge in [0.1, 0.15) is 0 Å². The van der Waals surface area contributed by atoms with Gasteiger partial charge >= 0.3 is 0 Å². The summed E-state index contributed by atoms with van der Waals surface area (Å²) in [5.41, 5.74) is 25.6. The quantitative estimate of drug-likeness (QED) is 0.162. The van der Waals surface area contributed by atoms with E-state index in [2.05, 4.69) is 243 Å². The van der Waals surface area contributed by atoms with Gasteiger partial charge in [0.25, 0.3) is 0 Å². The highest BCUT2D eigenvalue weighted by atomic mass is 16.1. The lowest BCUT2D eigenvalue weighted by atomic mass is 9.72. The summed E-state index contributed by atoms with van der Waals surface area (Å²) < 4.78 is 2.46. The number of carbonyl (C=O) groups excluding carboxylic acids is 2. The van der Waals surface area contributed by atoms with Crippen molar-refractivity contribution in [2.45, 2.75) is 42.9 Å². The first-order valence-corrected chi connectivity index (χ1v) is 28.3. The van der Waals surface area contributed by atoms with Crippen LogP contribution in [0.4, 0.5) is 0 Å². The van der Waals surface area contributed by atoms with E-state index in [0.29, 0.717) is 0 Å². The van der Waals surface area contributed by atoms with Gasteiger partial charge in [-0.2, -0.15) is 0 Å². The minimum absolute atomic E-state index is 0.115. The van der Waals surface area contributed by atoms with Gasteiger partial charge in [-0.25, -0.2) is 0 Å². The van der Waals surface area contributed by atoms with Crippen LogP contribution in [0.25, 0.3) is 93.0 Å². The van der Waals surface area contributed by atoms with Crippen molar-refractivity contribution in [3.8, 4) is 33.4 Å². The molecule has 0 spiro atoms. The highest BCUT2D eigenvalue weighted by Crippen LogP contribution is 2.59. The van der Waals surface area contributed by atoms with Crippen molar-refractivity contribution in [3.63, 3.8) is 0 Å². The summed E-state index contributed by atoms with van der Waals surface area (Å²) in [5.74, 6) is -0.817. The molecule has 14 aromatic rings. The number of Topliss-reactive ketones (excluding diaryl/α,β-unsaturated/α-hetero) is 2. The first-order valence-electron chi connectivity index (χ1n) is 28.3. The van der Waals surface area contributed by atoms with Crippen LogP contribution in [0.15, 0.2) is 224 Å². The Labute approximate surface area is 461 Å². The molecule has 0 atom stereocenters. The number of rotatable bonds is 2. The molecule has 3 heteroatoms. The normalized spacial score (nSPS) is 18.5. The smallest absolute Gasteiger partial charge is 0.175 e. The van der Waals surface area contributed by atoms with E-state index in [-0.39, 0.29) is 28.8 Å². The Morgan fingerprint density at radius 1 is 0.312 bits per heavy atom. The van der Waals surface area contributed by atoms with Crippen molar-refractivity contribution in [1.29, 1.82) is 0 Å². The van der Waals surface area contributed by atoms with Crippen LogP contribution in [0.1, 0.15) is 125 Å². The molecule has 80 heavy (non-hydrogen) atoms. The van der Waals surface area contributed by atoms with E-state index in [1.165, 1.54) is 82.6 Å². The molecule has 0 amide bonds. The van der Waals surface area contributed by atoms with E-state index in [9.17, 15) is 0 Å². The molecule has 0 saturated carbocycles. The van der Waals surface area contributed by atoms with Crippen molar-refractivity contribution in [2.75, 3.05) is 0 Å². The zero-order valence-corrected chi connectivity index (χ0v) is 43.9. The number of ketones is 2. The number of aromatic nitrogens is 1. The number of fused-ring (bicyclic) bond motifs is 13. The van der Waals surface area contributed by atoms with Crippen LogP contribution in [0.2, 0.25) is 0 Å². The summed E-state index contributed by atoms with van der Waals surface area (Å²) >= 11 is 0. The zero-order valence-electron chi connectivity index (χ0n) is 43.9. The minimum Gasteiger partial charge on any atom is -0.308 e. The summed E-state index contributed by atoms with van der Waals surface area (Å²) in [6, 6.07) is 82.6. The topological polar surface area (TPSA) is 38.5 Å². The Bertz CT molecular complexity index is 5120. The Kier molecular flexibility index (Phi) is 8.06. The van der Waals surface area contributed by atoms with Gasteiger partial charge in [0.15, 0.2) is 11.6 Å². The van der Waals surface area contributed by atoms with Gasteiger partial charge in [-0.05, 0) is 159 Å². The third-order valence-electron chi connectivity index (χ3n) is 20.0. The first-order chi connectivity index (χ1) is 39.3. The number of carbonyl (C=O) groups is 2.